The van der Waals surface area contributed by atoms with Crippen molar-refractivity contribution in [2.24, 2.45) is 0 Å². The van der Waals surface area contributed by atoms with Gasteiger partial charge in [0.15, 0.2) is 5.65 Å². The van der Waals surface area contributed by atoms with E-state index in [0.29, 0.717) is 6.54 Å². The molecular formula is C28H33BN6O. The Kier molecular flexibility index (Phi) is 7.03. The number of nitrogens with zero attached hydrogens (tertiary/aromatic N) is 5. The van der Waals surface area contributed by atoms with E-state index in [4.69, 9.17) is 4.98 Å². The van der Waals surface area contributed by atoms with Crippen LogP contribution in [0.3, 0.4) is 0 Å². The molecule has 1 amide bonds. The van der Waals surface area contributed by atoms with Crippen LogP contribution in [-0.4, -0.2) is 51.3 Å². The van der Waals surface area contributed by atoms with Crippen LogP contribution < -0.4 is 10.8 Å². The summed E-state index contributed by atoms with van der Waals surface area (Å²) in [5.41, 5.74) is 4.86. The lowest BCUT2D eigenvalue weighted by Gasteiger charge is -2.27. The smallest absolute Gasteiger partial charge is 0.233 e. The normalized spacial score (nSPS) is 14.0. The number of rotatable bonds is 11. The Hall–Kier alpha value is -3.68. The van der Waals surface area contributed by atoms with Crippen molar-refractivity contribution in [3.8, 4) is 0 Å². The number of fused-ring (bicyclic) bond motifs is 1. The van der Waals surface area contributed by atoms with Gasteiger partial charge in [-0.2, -0.15) is 9.61 Å². The molecule has 36 heavy (non-hydrogen) atoms. The van der Waals surface area contributed by atoms with Crippen LogP contribution in [0.25, 0.3) is 5.65 Å². The third-order valence-corrected chi connectivity index (χ3v) is 7.03. The molecule has 1 fully saturated rings. The highest BCUT2D eigenvalue weighted by Crippen LogP contribution is 2.49. The van der Waals surface area contributed by atoms with Crippen molar-refractivity contribution >= 4 is 30.7 Å². The molecule has 1 N–H and O–H groups in total. The van der Waals surface area contributed by atoms with Crippen LogP contribution in [-0.2, 0) is 23.2 Å². The van der Waals surface area contributed by atoms with Gasteiger partial charge in [0.1, 0.15) is 13.7 Å². The Morgan fingerprint density at radius 3 is 2.69 bits per heavy atom. The molecule has 0 radical (unpaired) electrons. The fourth-order valence-corrected chi connectivity index (χ4v) is 4.92. The van der Waals surface area contributed by atoms with Crippen LogP contribution in [0, 0.1) is 0 Å². The number of aromatic nitrogens is 4. The molecule has 3 aromatic heterocycles. The van der Waals surface area contributed by atoms with E-state index in [1.807, 2.05) is 49.0 Å². The van der Waals surface area contributed by atoms with Gasteiger partial charge in [-0.25, -0.2) is 4.98 Å². The van der Waals surface area contributed by atoms with E-state index in [2.05, 4.69) is 51.5 Å². The van der Waals surface area contributed by atoms with Gasteiger partial charge in [0, 0.05) is 50.0 Å². The Balaban J connectivity index is 1.28. The largest absolute Gasteiger partial charge is 0.366 e. The molecule has 7 nitrogen and oxygen atoms in total. The van der Waals surface area contributed by atoms with Crippen LogP contribution in [0.15, 0.2) is 67.1 Å². The third kappa shape index (κ3) is 4.99. The van der Waals surface area contributed by atoms with Crippen molar-refractivity contribution in [3.63, 3.8) is 0 Å². The zero-order valence-electron chi connectivity index (χ0n) is 21.2. The van der Waals surface area contributed by atoms with Crippen LogP contribution in [0.1, 0.15) is 49.4 Å². The minimum absolute atomic E-state index is 0.282. The zero-order valence-corrected chi connectivity index (χ0v) is 21.2. The number of anilines is 1. The Morgan fingerprint density at radius 1 is 1.14 bits per heavy atom. The average Bonchev–Trinajstić information content (AvgIpc) is 3.65. The van der Waals surface area contributed by atoms with Gasteiger partial charge in [0.05, 0.1) is 5.41 Å². The first-order valence-corrected chi connectivity index (χ1v) is 12.9. The van der Waals surface area contributed by atoms with E-state index < -0.39 is 0 Å². The second kappa shape index (κ2) is 10.5. The summed E-state index contributed by atoms with van der Waals surface area (Å²) < 4.78 is 1.86. The molecule has 0 aliphatic heterocycles. The zero-order chi connectivity index (χ0) is 25.0. The topological polar surface area (TPSA) is 75.4 Å². The van der Waals surface area contributed by atoms with E-state index in [-0.39, 0.29) is 11.3 Å². The molecule has 0 atom stereocenters. The average molecular weight is 480 g/mol. The maximum absolute atomic E-state index is 13.6. The van der Waals surface area contributed by atoms with Crippen molar-refractivity contribution in [1.29, 1.82) is 0 Å². The summed E-state index contributed by atoms with van der Waals surface area (Å²) in [6, 6.07) is 16.3. The van der Waals surface area contributed by atoms with E-state index >= 15 is 0 Å². The molecule has 8 heteroatoms. The summed E-state index contributed by atoms with van der Waals surface area (Å²) in [6.45, 7) is 4.33. The van der Waals surface area contributed by atoms with Gasteiger partial charge < -0.3 is 10.2 Å². The fourth-order valence-electron chi connectivity index (χ4n) is 4.92. The number of benzene rings is 1. The molecule has 1 aliphatic carbocycles. The molecule has 0 spiro atoms. The lowest BCUT2D eigenvalue weighted by Crippen LogP contribution is -2.40. The molecule has 4 aromatic rings. The van der Waals surface area contributed by atoms with Gasteiger partial charge in [-0.15, -0.1) is 0 Å². The number of carbonyl (C=O) groups is 1. The van der Waals surface area contributed by atoms with Crippen molar-refractivity contribution in [3.05, 3.63) is 83.9 Å². The van der Waals surface area contributed by atoms with Crippen molar-refractivity contribution in [2.45, 2.75) is 51.0 Å². The quantitative estimate of drug-likeness (QED) is 0.334. The second-order valence-electron chi connectivity index (χ2n) is 9.75. The van der Waals surface area contributed by atoms with Gasteiger partial charge in [-0.1, -0.05) is 43.3 Å². The maximum Gasteiger partial charge on any atom is 0.233 e. The van der Waals surface area contributed by atoms with E-state index in [1.165, 1.54) is 0 Å². The predicted molar refractivity (Wildman–Crippen MR) is 145 cm³/mol. The van der Waals surface area contributed by atoms with Crippen LogP contribution in [0.4, 0.5) is 5.82 Å². The van der Waals surface area contributed by atoms with Crippen LogP contribution in [0.2, 0.25) is 0 Å². The van der Waals surface area contributed by atoms with Gasteiger partial charge in [-0.05, 0) is 54.8 Å². The highest BCUT2D eigenvalue weighted by atomic mass is 16.2. The Morgan fingerprint density at radius 2 is 1.97 bits per heavy atom. The number of carbonyl (C=O) groups excluding carboxylic acids is 1. The molecule has 0 unspecified atom stereocenters. The lowest BCUT2D eigenvalue weighted by atomic mass is 9.94. The second-order valence-corrected chi connectivity index (χ2v) is 9.75. The molecule has 0 saturated heterocycles. The highest BCUT2D eigenvalue weighted by Gasteiger charge is 2.52. The number of hydrogen-bond donors (Lipinski definition) is 1. The molecule has 3 heterocycles. The number of nitrogens with one attached hydrogen (secondary N) is 1. The summed E-state index contributed by atoms with van der Waals surface area (Å²) in [5, 5.41) is 8.01. The lowest BCUT2D eigenvalue weighted by molar-refractivity contribution is -0.134. The number of amides is 1. The summed E-state index contributed by atoms with van der Waals surface area (Å²) in [5.74, 6) is 1.19. The monoisotopic (exact) mass is 480 g/mol. The molecule has 5 rings (SSSR count). The van der Waals surface area contributed by atoms with Crippen molar-refractivity contribution < 1.29 is 4.79 Å². The van der Waals surface area contributed by atoms with Crippen molar-refractivity contribution in [1.82, 2.24) is 24.5 Å². The van der Waals surface area contributed by atoms with Gasteiger partial charge >= 0.3 is 0 Å². The van der Waals surface area contributed by atoms with Crippen LogP contribution >= 0.6 is 0 Å². The maximum atomic E-state index is 13.6. The number of hydrogen-bond acceptors (Lipinski definition) is 5. The van der Waals surface area contributed by atoms with Gasteiger partial charge in [0.25, 0.3) is 0 Å². The van der Waals surface area contributed by atoms with Gasteiger partial charge in [0.2, 0.25) is 5.91 Å². The van der Waals surface area contributed by atoms with E-state index in [1.54, 1.807) is 6.20 Å². The predicted octanol–water partition coefficient (Wildman–Crippen LogP) is 2.90. The Bertz CT molecular complexity index is 1320. The molecule has 1 saturated carbocycles. The first kappa shape index (κ1) is 24.0. The van der Waals surface area contributed by atoms with Gasteiger partial charge in [-0.3, -0.25) is 9.78 Å². The SMILES string of the molecule is Bc1cnn2c(NCc3cccnc3)cc(CCCN(CCC)C(=O)C3(c4ccccc4)CC3)nc12. The molecular weight excluding hydrogens is 447 g/mol. The summed E-state index contributed by atoms with van der Waals surface area (Å²) in [4.78, 5) is 24.8. The van der Waals surface area contributed by atoms with Crippen molar-refractivity contribution in [2.75, 3.05) is 18.4 Å². The standard InChI is InChI=1S/C28H33BN6O/c1-2-15-34(27(36)28(12-13-28)22-9-4-3-5-10-22)16-7-11-23-17-25(31-19-21-8-6-14-30-18-21)35-26(33-23)24(29)20-32-35/h3-6,8-10,14,17-18,20,31H,2,7,11-13,15-16,19,29H2,1H3. The first-order chi connectivity index (χ1) is 17.6. The molecule has 0 bridgehead atoms. The molecule has 1 aromatic carbocycles. The summed E-state index contributed by atoms with van der Waals surface area (Å²) in [6.07, 6.45) is 10.0. The third-order valence-electron chi connectivity index (χ3n) is 7.03. The number of aryl methyl sites for hydroxylation is 1. The Labute approximate surface area is 213 Å². The van der Waals surface area contributed by atoms with E-state index in [0.717, 1.165) is 78.9 Å². The summed E-state index contributed by atoms with van der Waals surface area (Å²) >= 11 is 0. The summed E-state index contributed by atoms with van der Waals surface area (Å²) in [7, 11) is 2.03. The number of pyridine rings is 1. The van der Waals surface area contributed by atoms with Crippen LogP contribution in [0.5, 0.6) is 0 Å². The van der Waals surface area contributed by atoms with E-state index in [9.17, 15) is 4.79 Å². The molecule has 1 aliphatic rings. The minimum Gasteiger partial charge on any atom is -0.366 e. The highest BCUT2D eigenvalue weighted by molar-refractivity contribution is 6.36. The molecule has 184 valence electrons. The first-order valence-electron chi connectivity index (χ1n) is 12.9. The minimum atomic E-state index is -0.314. The fraction of sp³-hybridized carbons (Fsp3) is 0.357.